The van der Waals surface area contributed by atoms with E-state index in [2.05, 4.69) is 18.0 Å². The molecule has 14 heavy (non-hydrogen) atoms. The van der Waals surface area contributed by atoms with Gasteiger partial charge in [-0.25, -0.2) is 4.98 Å². The number of aryl methyl sites for hydroxylation is 2. The monoisotopic (exact) mass is 223 g/mol. The molecule has 0 fully saturated rings. The predicted octanol–water partition coefficient (Wildman–Crippen LogP) is 3.30. The number of rotatable bonds is 2. The zero-order chi connectivity index (χ0) is 10.1. The molecule has 2 rings (SSSR count). The highest BCUT2D eigenvalue weighted by molar-refractivity contribution is 7.21. The molecule has 0 saturated heterocycles. The molecule has 0 saturated carbocycles. The van der Waals surface area contributed by atoms with Gasteiger partial charge in [-0.1, -0.05) is 0 Å². The lowest BCUT2D eigenvalue weighted by Gasteiger charge is -1.85. The zero-order valence-electron chi connectivity index (χ0n) is 7.90. The van der Waals surface area contributed by atoms with Crippen LogP contribution in [0.15, 0.2) is 12.1 Å². The molecular formula is C10H9NOS2. The van der Waals surface area contributed by atoms with Gasteiger partial charge in [0, 0.05) is 9.75 Å². The van der Waals surface area contributed by atoms with Crippen molar-refractivity contribution in [1.29, 1.82) is 0 Å². The molecule has 2 aromatic rings. The zero-order valence-corrected chi connectivity index (χ0v) is 9.54. The van der Waals surface area contributed by atoms with Gasteiger partial charge in [-0.05, 0) is 26.0 Å². The number of nitrogens with zero attached hydrogens (tertiary/aromatic N) is 1. The number of aldehydes is 1. The van der Waals surface area contributed by atoms with Crippen molar-refractivity contribution in [3.63, 3.8) is 0 Å². The van der Waals surface area contributed by atoms with Crippen LogP contribution in [0, 0.1) is 13.8 Å². The summed E-state index contributed by atoms with van der Waals surface area (Å²) in [6.45, 7) is 3.99. The van der Waals surface area contributed by atoms with Crippen molar-refractivity contribution >= 4 is 29.0 Å². The maximum Gasteiger partial charge on any atom is 0.169 e. The van der Waals surface area contributed by atoms with Gasteiger partial charge in [-0.15, -0.1) is 22.7 Å². The lowest BCUT2D eigenvalue weighted by Crippen LogP contribution is -1.80. The third-order valence-electron chi connectivity index (χ3n) is 1.90. The lowest BCUT2D eigenvalue weighted by molar-refractivity contribution is 0.111. The Morgan fingerprint density at radius 2 is 2.07 bits per heavy atom. The third kappa shape index (κ3) is 1.63. The summed E-state index contributed by atoms with van der Waals surface area (Å²) in [4.78, 5) is 18.3. The normalized spacial score (nSPS) is 10.4. The summed E-state index contributed by atoms with van der Waals surface area (Å²) in [6.07, 6.45) is 0.815. The molecule has 0 spiro atoms. The second-order valence-corrected chi connectivity index (χ2v) is 5.48. The largest absolute Gasteiger partial charge is 0.296 e. The van der Waals surface area contributed by atoms with Gasteiger partial charge in [0.25, 0.3) is 0 Å². The first-order valence-electron chi connectivity index (χ1n) is 4.20. The van der Waals surface area contributed by atoms with Crippen LogP contribution in [0.3, 0.4) is 0 Å². The molecule has 2 aromatic heterocycles. The van der Waals surface area contributed by atoms with Crippen LogP contribution >= 0.6 is 22.7 Å². The Hall–Kier alpha value is -1.00. The van der Waals surface area contributed by atoms with E-state index in [4.69, 9.17) is 0 Å². The fourth-order valence-electron chi connectivity index (χ4n) is 1.17. The summed E-state index contributed by atoms with van der Waals surface area (Å²) in [5.41, 5.74) is 0.566. The van der Waals surface area contributed by atoms with Gasteiger partial charge in [0.1, 0.15) is 10.7 Å². The summed E-state index contributed by atoms with van der Waals surface area (Å²) < 4.78 is 0. The number of thiazole rings is 1. The van der Waals surface area contributed by atoms with Crippen molar-refractivity contribution in [3.8, 4) is 9.88 Å². The average molecular weight is 223 g/mol. The van der Waals surface area contributed by atoms with Crippen molar-refractivity contribution in [2.75, 3.05) is 0 Å². The van der Waals surface area contributed by atoms with E-state index in [-0.39, 0.29) is 0 Å². The fraction of sp³-hybridized carbons (Fsp3) is 0.200. The minimum atomic E-state index is 0.566. The highest BCUT2D eigenvalue weighted by Gasteiger charge is 2.09. The number of hydrogen-bond donors (Lipinski definition) is 0. The maximum atomic E-state index is 10.6. The van der Waals surface area contributed by atoms with E-state index in [0.29, 0.717) is 5.69 Å². The van der Waals surface area contributed by atoms with E-state index < -0.39 is 0 Å². The molecule has 0 radical (unpaired) electrons. The highest BCUT2D eigenvalue weighted by atomic mass is 32.1. The summed E-state index contributed by atoms with van der Waals surface area (Å²) in [6, 6.07) is 4.12. The fourth-order valence-corrected chi connectivity index (χ4v) is 2.98. The van der Waals surface area contributed by atoms with Crippen molar-refractivity contribution in [3.05, 3.63) is 27.6 Å². The van der Waals surface area contributed by atoms with E-state index >= 15 is 0 Å². The Labute approximate surface area is 90.2 Å². The van der Waals surface area contributed by atoms with Crippen LogP contribution in [0.4, 0.5) is 0 Å². The van der Waals surface area contributed by atoms with Gasteiger partial charge in [0.2, 0.25) is 0 Å². The van der Waals surface area contributed by atoms with Crippen LogP contribution in [-0.2, 0) is 0 Å². The second kappa shape index (κ2) is 3.63. The average Bonchev–Trinajstić information content (AvgIpc) is 2.71. The molecular weight excluding hydrogens is 214 g/mol. The quantitative estimate of drug-likeness (QED) is 0.731. The molecule has 0 N–H and O–H groups in total. The number of thiophene rings is 1. The Bertz CT molecular complexity index is 470. The van der Waals surface area contributed by atoms with Crippen LogP contribution < -0.4 is 0 Å². The summed E-state index contributed by atoms with van der Waals surface area (Å²) in [5, 5.41) is 0.947. The molecule has 2 heterocycles. The van der Waals surface area contributed by atoms with E-state index in [1.54, 1.807) is 22.7 Å². The first-order valence-corrected chi connectivity index (χ1v) is 5.83. The van der Waals surface area contributed by atoms with E-state index in [9.17, 15) is 4.79 Å². The molecule has 0 aliphatic rings. The Kier molecular flexibility index (Phi) is 2.48. The molecule has 0 unspecified atom stereocenters. The van der Waals surface area contributed by atoms with Crippen LogP contribution in [0.2, 0.25) is 0 Å². The predicted molar refractivity (Wildman–Crippen MR) is 60.3 cm³/mol. The SMILES string of the molecule is Cc1ccc(-c2nc(C=O)c(C)s2)s1. The number of aromatic nitrogens is 1. The minimum absolute atomic E-state index is 0.566. The smallest absolute Gasteiger partial charge is 0.169 e. The molecule has 0 atom stereocenters. The Morgan fingerprint density at radius 3 is 2.57 bits per heavy atom. The first kappa shape index (κ1) is 9.55. The van der Waals surface area contributed by atoms with Crippen LogP contribution in [0.25, 0.3) is 9.88 Å². The summed E-state index contributed by atoms with van der Waals surface area (Å²) in [5.74, 6) is 0. The van der Waals surface area contributed by atoms with Crippen molar-refractivity contribution in [2.24, 2.45) is 0 Å². The Morgan fingerprint density at radius 1 is 1.29 bits per heavy atom. The summed E-state index contributed by atoms with van der Waals surface area (Å²) in [7, 11) is 0. The molecule has 0 bridgehead atoms. The van der Waals surface area contributed by atoms with Gasteiger partial charge >= 0.3 is 0 Å². The molecule has 4 heteroatoms. The molecule has 0 aromatic carbocycles. The lowest BCUT2D eigenvalue weighted by atomic mass is 10.4. The summed E-state index contributed by atoms with van der Waals surface area (Å²) >= 11 is 3.28. The van der Waals surface area contributed by atoms with Gasteiger partial charge in [-0.3, -0.25) is 4.79 Å². The van der Waals surface area contributed by atoms with Crippen molar-refractivity contribution < 1.29 is 4.79 Å². The standard InChI is InChI=1S/C10H9NOS2/c1-6-3-4-9(13-6)10-11-8(5-12)7(2)14-10/h3-5H,1-2H3. The van der Waals surface area contributed by atoms with Gasteiger partial charge in [0.05, 0.1) is 4.88 Å². The molecule has 72 valence electrons. The molecule has 0 amide bonds. The van der Waals surface area contributed by atoms with Crippen molar-refractivity contribution in [2.45, 2.75) is 13.8 Å². The minimum Gasteiger partial charge on any atom is -0.296 e. The number of hydrogen-bond acceptors (Lipinski definition) is 4. The van der Waals surface area contributed by atoms with E-state index in [1.165, 1.54) is 4.88 Å². The number of carbonyl (C=O) groups excluding carboxylic acids is 1. The van der Waals surface area contributed by atoms with E-state index in [1.807, 2.05) is 13.0 Å². The van der Waals surface area contributed by atoms with Crippen LogP contribution in [0.1, 0.15) is 20.2 Å². The van der Waals surface area contributed by atoms with Crippen LogP contribution in [-0.4, -0.2) is 11.3 Å². The maximum absolute atomic E-state index is 10.6. The number of carbonyl (C=O) groups is 1. The van der Waals surface area contributed by atoms with Gasteiger partial charge in [0.15, 0.2) is 6.29 Å². The topological polar surface area (TPSA) is 30.0 Å². The third-order valence-corrected chi connectivity index (χ3v) is 4.05. The first-order chi connectivity index (χ1) is 6.70. The van der Waals surface area contributed by atoms with Crippen LogP contribution in [0.5, 0.6) is 0 Å². The Balaban J connectivity index is 2.47. The highest BCUT2D eigenvalue weighted by Crippen LogP contribution is 2.32. The molecule has 2 nitrogen and oxygen atoms in total. The molecule has 0 aliphatic heterocycles. The van der Waals surface area contributed by atoms with Gasteiger partial charge in [-0.2, -0.15) is 0 Å². The molecule has 0 aliphatic carbocycles. The van der Waals surface area contributed by atoms with Crippen molar-refractivity contribution in [1.82, 2.24) is 4.98 Å². The second-order valence-electron chi connectivity index (χ2n) is 2.99. The van der Waals surface area contributed by atoms with E-state index in [0.717, 1.165) is 21.0 Å². The van der Waals surface area contributed by atoms with Gasteiger partial charge < -0.3 is 0 Å².